The van der Waals surface area contributed by atoms with Crippen molar-refractivity contribution < 1.29 is 4.55 Å². The van der Waals surface area contributed by atoms with Crippen molar-refractivity contribution in [3.05, 3.63) is 45.3 Å². The first-order valence-electron chi connectivity index (χ1n) is 7.39. The number of fused-ring (bicyclic) bond motifs is 1. The summed E-state index contributed by atoms with van der Waals surface area (Å²) in [5.74, 6) is 0.541. The highest BCUT2D eigenvalue weighted by atomic mass is 35.5. The monoisotopic (exact) mass is 365 g/mol. The molecule has 0 radical (unpaired) electrons. The lowest BCUT2D eigenvalue weighted by molar-refractivity contribution is 0.585. The summed E-state index contributed by atoms with van der Waals surface area (Å²) in [7, 11) is 0. The average Bonchev–Trinajstić information content (AvgIpc) is 2.87. The molecule has 0 spiro atoms. The van der Waals surface area contributed by atoms with E-state index in [9.17, 15) is 9.35 Å². The number of aromatic nitrogens is 4. The largest absolute Gasteiger partial charge is 0.609 e. The Bertz CT molecular complexity index is 939. The van der Waals surface area contributed by atoms with Gasteiger partial charge >= 0.3 is 10.8 Å². The molecule has 24 heavy (non-hydrogen) atoms. The van der Waals surface area contributed by atoms with Crippen molar-refractivity contribution in [1.29, 1.82) is 0 Å². The third-order valence-electron chi connectivity index (χ3n) is 3.51. The van der Waals surface area contributed by atoms with Crippen LogP contribution in [0, 0.1) is 0 Å². The summed E-state index contributed by atoms with van der Waals surface area (Å²) in [6, 6.07) is 7.23. The summed E-state index contributed by atoms with van der Waals surface area (Å²) >= 11 is 4.81. The van der Waals surface area contributed by atoms with Gasteiger partial charge in [-0.25, -0.2) is 4.79 Å². The Morgan fingerprint density at radius 2 is 2.12 bits per heavy atom. The summed E-state index contributed by atoms with van der Waals surface area (Å²) in [5, 5.41) is 0.685. The zero-order valence-electron chi connectivity index (χ0n) is 13.0. The Kier molecular flexibility index (Phi) is 4.79. The van der Waals surface area contributed by atoms with E-state index in [4.69, 9.17) is 17.3 Å². The highest BCUT2D eigenvalue weighted by molar-refractivity contribution is 7.91. The molecule has 0 aliphatic rings. The zero-order chi connectivity index (χ0) is 17.3. The first kappa shape index (κ1) is 16.8. The molecular formula is C15H16ClN5O2S. The van der Waals surface area contributed by atoms with Crippen molar-refractivity contribution >= 4 is 39.8 Å². The fourth-order valence-electron chi connectivity index (χ4n) is 2.35. The van der Waals surface area contributed by atoms with Crippen LogP contribution >= 0.6 is 11.6 Å². The molecule has 0 bridgehead atoms. The molecule has 7 nitrogen and oxygen atoms in total. The quantitative estimate of drug-likeness (QED) is 0.529. The normalized spacial score (nSPS) is 12.6. The van der Waals surface area contributed by atoms with Crippen LogP contribution in [0.3, 0.4) is 0 Å². The molecule has 2 aromatic heterocycles. The van der Waals surface area contributed by atoms with E-state index in [1.807, 2.05) is 25.1 Å². The molecule has 0 saturated carbocycles. The van der Waals surface area contributed by atoms with Crippen LogP contribution < -0.4 is 11.4 Å². The third kappa shape index (κ3) is 3.12. The summed E-state index contributed by atoms with van der Waals surface area (Å²) < 4.78 is 13.6. The van der Waals surface area contributed by atoms with Gasteiger partial charge in [-0.1, -0.05) is 36.7 Å². The molecule has 3 aromatic rings. The van der Waals surface area contributed by atoms with Gasteiger partial charge in [-0.3, -0.25) is 4.57 Å². The molecule has 9 heteroatoms. The van der Waals surface area contributed by atoms with Gasteiger partial charge in [0.1, 0.15) is 11.3 Å². The smallest absolute Gasteiger partial charge is 0.346 e. The maximum atomic E-state index is 12.3. The van der Waals surface area contributed by atoms with Crippen LogP contribution in [0.2, 0.25) is 5.02 Å². The van der Waals surface area contributed by atoms with Gasteiger partial charge in [0.15, 0.2) is 11.5 Å². The Balaban J connectivity index is 2.12. The number of nitrogen functional groups attached to an aromatic ring is 1. The topological polar surface area (TPSA) is 113 Å². The Labute approximate surface area is 146 Å². The first-order valence-corrected chi connectivity index (χ1v) is 9.08. The number of H-pyrrole nitrogens is 1. The van der Waals surface area contributed by atoms with Crippen LogP contribution in [0.4, 0.5) is 5.82 Å². The highest BCUT2D eigenvalue weighted by Crippen LogP contribution is 2.20. The van der Waals surface area contributed by atoms with Gasteiger partial charge in [-0.15, -0.1) is 0 Å². The SMILES string of the molecule is CCC[S+]([O-])c1nc(N)c2[nH]c(=O)n(Cc3ccccc3Cl)c2n1. The number of hydrogen-bond donors (Lipinski definition) is 2. The van der Waals surface area contributed by atoms with Crippen molar-refractivity contribution in [2.75, 3.05) is 11.5 Å². The third-order valence-corrected chi connectivity index (χ3v) is 5.25. The van der Waals surface area contributed by atoms with E-state index in [1.54, 1.807) is 6.07 Å². The standard InChI is InChI=1S/C15H16ClN5O2S/c1-2-7-24(23)14-19-12(17)11-13(20-14)21(15(22)18-11)8-9-5-3-4-6-10(9)16/h3-6H,2,7-8H2,1H3,(H,18,22)(H2,17,19,20). The number of hydrogen-bond acceptors (Lipinski definition) is 5. The number of anilines is 1. The number of nitrogens with zero attached hydrogens (tertiary/aromatic N) is 3. The van der Waals surface area contributed by atoms with Crippen LogP contribution in [0.1, 0.15) is 18.9 Å². The molecule has 2 heterocycles. The van der Waals surface area contributed by atoms with Gasteiger partial charge in [0.2, 0.25) is 0 Å². The second-order valence-corrected chi connectivity index (χ2v) is 7.12. The predicted octanol–water partition coefficient (Wildman–Crippen LogP) is 1.92. The maximum Gasteiger partial charge on any atom is 0.346 e. The minimum atomic E-state index is -1.36. The van der Waals surface area contributed by atoms with Gasteiger partial charge < -0.3 is 15.3 Å². The van der Waals surface area contributed by atoms with Gasteiger partial charge in [-0.2, -0.15) is 9.97 Å². The molecule has 1 atom stereocenters. The summed E-state index contributed by atoms with van der Waals surface area (Å²) in [5.41, 5.74) is 6.97. The molecule has 0 aliphatic heterocycles. The average molecular weight is 366 g/mol. The van der Waals surface area contributed by atoms with Gasteiger partial charge in [0.05, 0.1) is 6.54 Å². The Hall–Kier alpha value is -2.03. The van der Waals surface area contributed by atoms with E-state index in [1.165, 1.54) is 4.57 Å². The Morgan fingerprint density at radius 3 is 2.83 bits per heavy atom. The van der Waals surface area contributed by atoms with E-state index < -0.39 is 11.2 Å². The predicted molar refractivity (Wildman–Crippen MR) is 94.7 cm³/mol. The van der Waals surface area contributed by atoms with Crippen LogP contribution in [0.25, 0.3) is 11.2 Å². The van der Waals surface area contributed by atoms with E-state index in [0.29, 0.717) is 21.9 Å². The van der Waals surface area contributed by atoms with E-state index in [0.717, 1.165) is 12.0 Å². The molecule has 0 aliphatic carbocycles. The minimum Gasteiger partial charge on any atom is -0.609 e. The van der Waals surface area contributed by atoms with Crippen LogP contribution in [0.15, 0.2) is 34.2 Å². The van der Waals surface area contributed by atoms with E-state index in [-0.39, 0.29) is 23.2 Å². The number of nitrogens with two attached hydrogens (primary N) is 1. The van der Waals surface area contributed by atoms with E-state index in [2.05, 4.69) is 15.0 Å². The molecule has 1 aromatic carbocycles. The zero-order valence-corrected chi connectivity index (χ0v) is 14.5. The molecular weight excluding hydrogens is 350 g/mol. The van der Waals surface area contributed by atoms with Crippen molar-refractivity contribution in [2.45, 2.75) is 25.0 Å². The summed E-state index contributed by atoms with van der Waals surface area (Å²) in [6.45, 7) is 2.15. The molecule has 1 unspecified atom stereocenters. The van der Waals surface area contributed by atoms with Gasteiger partial charge in [0, 0.05) is 16.2 Å². The number of nitrogens with one attached hydrogen (secondary N) is 1. The van der Waals surface area contributed by atoms with Gasteiger partial charge in [0.25, 0.3) is 0 Å². The highest BCUT2D eigenvalue weighted by Gasteiger charge is 2.20. The number of imidazole rings is 1. The number of aromatic amines is 1. The lowest BCUT2D eigenvalue weighted by Crippen LogP contribution is -2.18. The molecule has 126 valence electrons. The molecule has 0 fully saturated rings. The van der Waals surface area contributed by atoms with Crippen molar-refractivity contribution in [1.82, 2.24) is 19.5 Å². The van der Waals surface area contributed by atoms with Crippen LogP contribution in [-0.4, -0.2) is 29.8 Å². The fourth-order valence-corrected chi connectivity index (χ4v) is 3.49. The second kappa shape index (κ2) is 6.84. The second-order valence-electron chi connectivity index (χ2n) is 5.25. The van der Waals surface area contributed by atoms with Crippen molar-refractivity contribution in [2.24, 2.45) is 0 Å². The lowest BCUT2D eigenvalue weighted by Gasteiger charge is -2.09. The summed E-state index contributed by atoms with van der Waals surface area (Å²) in [4.78, 5) is 23.3. The number of rotatable bonds is 5. The van der Waals surface area contributed by atoms with Crippen LogP contribution in [0.5, 0.6) is 0 Å². The Morgan fingerprint density at radius 1 is 1.38 bits per heavy atom. The first-order chi connectivity index (χ1) is 11.5. The van der Waals surface area contributed by atoms with Crippen molar-refractivity contribution in [3.63, 3.8) is 0 Å². The molecule has 3 rings (SSSR count). The molecule has 0 amide bonds. The van der Waals surface area contributed by atoms with E-state index >= 15 is 0 Å². The van der Waals surface area contributed by atoms with Crippen molar-refractivity contribution in [3.8, 4) is 0 Å². The summed E-state index contributed by atoms with van der Waals surface area (Å²) in [6.07, 6.45) is 0.730. The number of benzene rings is 1. The number of halogens is 1. The maximum absolute atomic E-state index is 12.3. The molecule has 3 N–H and O–H groups in total. The van der Waals surface area contributed by atoms with Gasteiger partial charge in [-0.05, 0) is 18.1 Å². The lowest BCUT2D eigenvalue weighted by atomic mass is 10.2. The fraction of sp³-hybridized carbons (Fsp3) is 0.267. The van der Waals surface area contributed by atoms with Crippen LogP contribution in [-0.2, 0) is 17.7 Å². The molecule has 0 saturated heterocycles. The minimum absolute atomic E-state index is 0.106.